The normalized spacial score (nSPS) is 18.3. The van der Waals surface area contributed by atoms with E-state index in [9.17, 15) is 8.42 Å². The first-order valence-electron chi connectivity index (χ1n) is 5.41. The molecule has 3 N–H and O–H groups in total. The minimum absolute atomic E-state index is 0.0628. The van der Waals surface area contributed by atoms with Gasteiger partial charge in [0, 0.05) is 17.5 Å². The minimum Gasteiger partial charge on any atom is -0.326 e. The molecule has 1 aromatic heterocycles. The highest BCUT2D eigenvalue weighted by Gasteiger charge is 2.29. The molecule has 1 heterocycles. The van der Waals surface area contributed by atoms with Crippen molar-refractivity contribution in [2.24, 2.45) is 11.7 Å². The third kappa shape index (κ3) is 3.29. The Labute approximate surface area is 114 Å². The second-order valence-corrected chi connectivity index (χ2v) is 8.70. The zero-order chi connectivity index (χ0) is 12.6. The standard InChI is InChI=1S/C10H15BrN2O2S2/c1-6-9(4-10(11)16-6)17(14,15)13-5-8(12)7-2-3-7/h4,7-8,13H,2-3,5,12H2,1H3. The molecule has 2 rings (SSSR count). The molecule has 0 saturated heterocycles. The van der Waals surface area contributed by atoms with Crippen molar-refractivity contribution in [2.45, 2.75) is 30.7 Å². The fourth-order valence-electron chi connectivity index (χ4n) is 1.67. The summed E-state index contributed by atoms with van der Waals surface area (Å²) in [6.45, 7) is 2.12. The van der Waals surface area contributed by atoms with E-state index in [1.54, 1.807) is 13.0 Å². The molecule has 1 saturated carbocycles. The lowest BCUT2D eigenvalue weighted by Gasteiger charge is -2.11. The van der Waals surface area contributed by atoms with Gasteiger partial charge < -0.3 is 5.73 Å². The maximum Gasteiger partial charge on any atom is 0.241 e. The van der Waals surface area contributed by atoms with Crippen LogP contribution in [0.4, 0.5) is 0 Å². The predicted octanol–water partition coefficient (Wildman–Crippen LogP) is 1.83. The van der Waals surface area contributed by atoms with Crippen LogP contribution < -0.4 is 10.5 Å². The molecule has 96 valence electrons. The maximum absolute atomic E-state index is 12.0. The molecule has 17 heavy (non-hydrogen) atoms. The fourth-order valence-corrected chi connectivity index (χ4v) is 5.16. The number of thiophene rings is 1. The molecule has 4 nitrogen and oxygen atoms in total. The van der Waals surface area contributed by atoms with Crippen LogP contribution in [0.2, 0.25) is 0 Å². The van der Waals surface area contributed by atoms with Crippen LogP contribution in [0.25, 0.3) is 0 Å². The highest BCUT2D eigenvalue weighted by molar-refractivity contribution is 9.11. The van der Waals surface area contributed by atoms with Crippen LogP contribution in [0.15, 0.2) is 14.7 Å². The van der Waals surface area contributed by atoms with Crippen LogP contribution in [0, 0.1) is 12.8 Å². The van der Waals surface area contributed by atoms with Crippen molar-refractivity contribution in [3.63, 3.8) is 0 Å². The first kappa shape index (κ1) is 13.5. The zero-order valence-electron chi connectivity index (χ0n) is 9.44. The van der Waals surface area contributed by atoms with Gasteiger partial charge in [-0.3, -0.25) is 0 Å². The average Bonchev–Trinajstić information content (AvgIpc) is 3.01. The second-order valence-electron chi connectivity index (χ2n) is 4.32. The van der Waals surface area contributed by atoms with E-state index in [0.717, 1.165) is 21.5 Å². The van der Waals surface area contributed by atoms with Crippen molar-refractivity contribution in [3.05, 3.63) is 14.7 Å². The molecule has 1 aliphatic rings. The Balaban J connectivity index is 2.05. The van der Waals surface area contributed by atoms with Crippen molar-refractivity contribution < 1.29 is 8.42 Å². The van der Waals surface area contributed by atoms with Gasteiger partial charge in [0.25, 0.3) is 0 Å². The quantitative estimate of drug-likeness (QED) is 0.860. The molecular formula is C10H15BrN2O2S2. The maximum atomic E-state index is 12.0. The summed E-state index contributed by atoms with van der Waals surface area (Å²) < 4.78 is 27.5. The molecule has 0 bridgehead atoms. The Bertz CT molecular complexity index is 508. The number of hydrogen-bond acceptors (Lipinski definition) is 4. The smallest absolute Gasteiger partial charge is 0.241 e. The van der Waals surface area contributed by atoms with Crippen LogP contribution in [-0.2, 0) is 10.0 Å². The first-order valence-corrected chi connectivity index (χ1v) is 8.50. The molecule has 0 aromatic carbocycles. The molecule has 7 heteroatoms. The van der Waals surface area contributed by atoms with E-state index in [4.69, 9.17) is 5.73 Å². The molecule has 1 aliphatic carbocycles. The minimum atomic E-state index is -3.42. The van der Waals surface area contributed by atoms with Gasteiger partial charge >= 0.3 is 0 Å². The molecule has 1 fully saturated rings. The third-order valence-electron chi connectivity index (χ3n) is 2.87. The largest absolute Gasteiger partial charge is 0.326 e. The molecule has 0 spiro atoms. The lowest BCUT2D eigenvalue weighted by Crippen LogP contribution is -2.38. The van der Waals surface area contributed by atoms with E-state index in [-0.39, 0.29) is 6.04 Å². The van der Waals surface area contributed by atoms with E-state index in [2.05, 4.69) is 20.7 Å². The number of aryl methyl sites for hydroxylation is 1. The monoisotopic (exact) mass is 338 g/mol. The van der Waals surface area contributed by atoms with Crippen LogP contribution in [0.5, 0.6) is 0 Å². The van der Waals surface area contributed by atoms with Gasteiger partial charge in [0.15, 0.2) is 0 Å². The summed E-state index contributed by atoms with van der Waals surface area (Å²) in [7, 11) is -3.42. The number of nitrogens with two attached hydrogens (primary N) is 1. The Kier molecular flexibility index (Phi) is 3.94. The second kappa shape index (κ2) is 4.97. The SMILES string of the molecule is Cc1sc(Br)cc1S(=O)(=O)NCC(N)C1CC1. The van der Waals surface area contributed by atoms with Gasteiger partial charge in [-0.2, -0.15) is 0 Å². The van der Waals surface area contributed by atoms with Gasteiger partial charge in [0.2, 0.25) is 10.0 Å². The highest BCUT2D eigenvalue weighted by atomic mass is 79.9. The zero-order valence-corrected chi connectivity index (χ0v) is 12.7. The van der Waals surface area contributed by atoms with Crippen LogP contribution >= 0.6 is 27.3 Å². The van der Waals surface area contributed by atoms with E-state index in [1.165, 1.54) is 11.3 Å². The van der Waals surface area contributed by atoms with Gasteiger partial charge in [0.1, 0.15) is 0 Å². The van der Waals surface area contributed by atoms with Crippen molar-refractivity contribution in [3.8, 4) is 0 Å². The summed E-state index contributed by atoms with van der Waals surface area (Å²) in [6, 6.07) is 1.57. The van der Waals surface area contributed by atoms with Crippen molar-refractivity contribution in [2.75, 3.05) is 6.54 Å². The lowest BCUT2D eigenvalue weighted by molar-refractivity contribution is 0.547. The Morgan fingerprint density at radius 2 is 2.29 bits per heavy atom. The molecule has 1 atom stereocenters. The molecule has 0 amide bonds. The summed E-state index contributed by atoms with van der Waals surface area (Å²) in [6.07, 6.45) is 2.23. The summed E-state index contributed by atoms with van der Waals surface area (Å²) >= 11 is 4.71. The molecular weight excluding hydrogens is 324 g/mol. The topological polar surface area (TPSA) is 72.2 Å². The Morgan fingerprint density at radius 1 is 1.65 bits per heavy atom. The number of rotatable bonds is 5. The molecule has 1 aromatic rings. The van der Waals surface area contributed by atoms with Gasteiger partial charge in [-0.15, -0.1) is 11.3 Å². The Hall–Kier alpha value is 0.0500. The van der Waals surface area contributed by atoms with E-state index in [0.29, 0.717) is 17.4 Å². The lowest BCUT2D eigenvalue weighted by atomic mass is 10.2. The molecule has 0 aliphatic heterocycles. The number of hydrogen-bond donors (Lipinski definition) is 2. The van der Waals surface area contributed by atoms with Gasteiger partial charge in [0.05, 0.1) is 8.68 Å². The molecule has 0 radical (unpaired) electrons. The van der Waals surface area contributed by atoms with Crippen LogP contribution in [0.3, 0.4) is 0 Å². The summed E-state index contributed by atoms with van der Waals surface area (Å²) in [5, 5.41) is 0. The van der Waals surface area contributed by atoms with E-state index >= 15 is 0 Å². The number of sulfonamides is 1. The molecule has 1 unspecified atom stereocenters. The third-order valence-corrected chi connectivity index (χ3v) is 6.10. The van der Waals surface area contributed by atoms with Crippen LogP contribution in [0.1, 0.15) is 17.7 Å². The van der Waals surface area contributed by atoms with Gasteiger partial charge in [-0.05, 0) is 47.7 Å². The van der Waals surface area contributed by atoms with Crippen molar-refractivity contribution in [1.82, 2.24) is 4.72 Å². The van der Waals surface area contributed by atoms with Crippen molar-refractivity contribution in [1.29, 1.82) is 0 Å². The fraction of sp³-hybridized carbons (Fsp3) is 0.600. The first-order chi connectivity index (χ1) is 7.90. The predicted molar refractivity (Wildman–Crippen MR) is 72.6 cm³/mol. The number of nitrogens with one attached hydrogen (secondary N) is 1. The highest BCUT2D eigenvalue weighted by Crippen LogP contribution is 2.32. The summed E-state index contributed by atoms with van der Waals surface area (Å²) in [5.74, 6) is 0.494. The van der Waals surface area contributed by atoms with Gasteiger partial charge in [-0.25, -0.2) is 13.1 Å². The number of halogens is 1. The van der Waals surface area contributed by atoms with E-state index in [1.807, 2.05) is 0 Å². The van der Waals surface area contributed by atoms with E-state index < -0.39 is 10.0 Å². The van der Waals surface area contributed by atoms with Gasteiger partial charge in [-0.1, -0.05) is 0 Å². The summed E-state index contributed by atoms with van der Waals surface area (Å²) in [4.78, 5) is 1.13. The summed E-state index contributed by atoms with van der Waals surface area (Å²) in [5.41, 5.74) is 5.87. The average molecular weight is 339 g/mol. The van der Waals surface area contributed by atoms with Crippen LogP contribution in [-0.4, -0.2) is 21.0 Å². The Morgan fingerprint density at radius 3 is 2.76 bits per heavy atom. The van der Waals surface area contributed by atoms with Crippen molar-refractivity contribution >= 4 is 37.3 Å².